The Bertz CT molecular complexity index is 242. The van der Waals surface area contributed by atoms with Crippen LogP contribution in [0, 0.1) is 11.3 Å². The molecule has 0 spiro atoms. The Morgan fingerprint density at radius 1 is 0.762 bits per heavy atom. The van der Waals surface area contributed by atoms with Crippen molar-refractivity contribution >= 4 is 8.80 Å². The van der Waals surface area contributed by atoms with Crippen molar-refractivity contribution in [2.24, 2.45) is 0 Å². The number of hydrogen-bond donors (Lipinski definition) is 0. The molecule has 0 aromatic rings. The van der Waals surface area contributed by atoms with E-state index in [1.807, 2.05) is 0 Å². The van der Waals surface area contributed by atoms with Gasteiger partial charge in [0.1, 0.15) is 0 Å². The first-order chi connectivity index (χ1) is 10.2. The third-order valence-corrected chi connectivity index (χ3v) is 6.13. The molecule has 0 N–H and O–H groups in total. The summed E-state index contributed by atoms with van der Waals surface area (Å²) in [6, 6.07) is 2.96. The SMILES string of the molecule is CCCCO[Si](CCCC#N)(OCCCC)OCCCC. The van der Waals surface area contributed by atoms with E-state index in [0.717, 1.165) is 51.0 Å². The van der Waals surface area contributed by atoms with Gasteiger partial charge in [-0.15, -0.1) is 0 Å². The summed E-state index contributed by atoms with van der Waals surface area (Å²) < 4.78 is 18.3. The average molecular weight is 316 g/mol. The summed E-state index contributed by atoms with van der Waals surface area (Å²) in [7, 11) is -2.60. The Hall–Kier alpha value is -0.413. The van der Waals surface area contributed by atoms with Gasteiger partial charge in [-0.1, -0.05) is 40.0 Å². The third kappa shape index (κ3) is 10.9. The molecule has 4 nitrogen and oxygen atoms in total. The van der Waals surface area contributed by atoms with E-state index in [1.54, 1.807) is 0 Å². The summed E-state index contributed by atoms with van der Waals surface area (Å²) in [5, 5.41) is 8.75. The maximum Gasteiger partial charge on any atom is 0.500 e. The highest BCUT2D eigenvalue weighted by atomic mass is 28.4. The van der Waals surface area contributed by atoms with Crippen LogP contribution in [0.5, 0.6) is 0 Å². The minimum absolute atomic E-state index is 0.542. The zero-order valence-electron chi connectivity index (χ0n) is 14.2. The van der Waals surface area contributed by atoms with Crippen molar-refractivity contribution in [3.8, 4) is 6.07 Å². The quantitative estimate of drug-likeness (QED) is 0.325. The molecule has 5 heteroatoms. The van der Waals surface area contributed by atoms with Gasteiger partial charge in [-0.05, 0) is 25.7 Å². The normalized spacial score (nSPS) is 11.5. The number of hydrogen-bond acceptors (Lipinski definition) is 4. The van der Waals surface area contributed by atoms with E-state index in [1.165, 1.54) is 0 Å². The summed E-state index contributed by atoms with van der Waals surface area (Å²) in [5.74, 6) is 0. The van der Waals surface area contributed by atoms with E-state index in [2.05, 4.69) is 26.8 Å². The van der Waals surface area contributed by atoms with Crippen molar-refractivity contribution in [1.82, 2.24) is 0 Å². The van der Waals surface area contributed by atoms with Gasteiger partial charge in [0.25, 0.3) is 0 Å². The highest BCUT2D eigenvalue weighted by Gasteiger charge is 2.40. The lowest BCUT2D eigenvalue weighted by molar-refractivity contribution is 0.0559. The van der Waals surface area contributed by atoms with Gasteiger partial charge in [-0.2, -0.15) is 5.26 Å². The molecule has 0 aliphatic rings. The number of unbranched alkanes of at least 4 members (excludes halogenated alkanes) is 4. The summed E-state index contributed by atoms with van der Waals surface area (Å²) >= 11 is 0. The molecule has 124 valence electrons. The number of nitrogens with zero attached hydrogens (tertiary/aromatic N) is 1. The molecule has 0 atom stereocenters. The van der Waals surface area contributed by atoms with Gasteiger partial charge in [0.2, 0.25) is 0 Å². The molecule has 0 saturated heterocycles. The van der Waals surface area contributed by atoms with Gasteiger partial charge in [-0.25, -0.2) is 0 Å². The fourth-order valence-electron chi connectivity index (χ4n) is 1.84. The van der Waals surface area contributed by atoms with E-state index in [-0.39, 0.29) is 0 Å². The van der Waals surface area contributed by atoms with Gasteiger partial charge in [0.05, 0.1) is 6.07 Å². The van der Waals surface area contributed by atoms with Crippen LogP contribution < -0.4 is 0 Å². The van der Waals surface area contributed by atoms with Gasteiger partial charge in [0, 0.05) is 32.3 Å². The van der Waals surface area contributed by atoms with Crippen molar-refractivity contribution in [3.63, 3.8) is 0 Å². The summed E-state index contributed by atoms with van der Waals surface area (Å²) in [4.78, 5) is 0. The second-order valence-corrected chi connectivity index (χ2v) is 8.03. The van der Waals surface area contributed by atoms with Crippen molar-refractivity contribution in [1.29, 1.82) is 5.26 Å². The standard InChI is InChI=1S/C16H33NO3Si/c1-4-7-13-18-21(16-11-10-12-17,19-14-8-5-2)20-15-9-6-3/h4-11,13-16H2,1-3H3. The van der Waals surface area contributed by atoms with Crippen LogP contribution >= 0.6 is 0 Å². The molecule has 0 saturated carbocycles. The Morgan fingerprint density at radius 2 is 1.19 bits per heavy atom. The van der Waals surface area contributed by atoms with Crippen molar-refractivity contribution in [2.75, 3.05) is 19.8 Å². The topological polar surface area (TPSA) is 51.5 Å². The lowest BCUT2D eigenvalue weighted by atomic mass is 10.4. The number of rotatable bonds is 15. The van der Waals surface area contributed by atoms with E-state index >= 15 is 0 Å². The van der Waals surface area contributed by atoms with Crippen molar-refractivity contribution in [2.45, 2.75) is 78.2 Å². The molecular weight excluding hydrogens is 282 g/mol. The molecular formula is C16H33NO3Si. The molecule has 0 aromatic carbocycles. The van der Waals surface area contributed by atoms with Gasteiger partial charge >= 0.3 is 8.80 Å². The van der Waals surface area contributed by atoms with Crippen molar-refractivity contribution < 1.29 is 13.3 Å². The fourth-order valence-corrected chi connectivity index (χ4v) is 4.50. The first-order valence-electron chi connectivity index (χ1n) is 8.53. The molecule has 0 aliphatic carbocycles. The second kappa shape index (κ2) is 14.5. The molecule has 0 rings (SSSR count). The summed E-state index contributed by atoms with van der Waals surface area (Å²) in [6.07, 6.45) is 7.74. The van der Waals surface area contributed by atoms with Crippen molar-refractivity contribution in [3.05, 3.63) is 0 Å². The molecule has 0 aliphatic heterocycles. The van der Waals surface area contributed by atoms with Gasteiger partial charge < -0.3 is 13.3 Å². The Kier molecular flexibility index (Phi) is 14.2. The van der Waals surface area contributed by atoms with Crippen LogP contribution in [-0.2, 0) is 13.3 Å². The monoisotopic (exact) mass is 315 g/mol. The molecule has 0 aromatic heterocycles. The fraction of sp³-hybridized carbons (Fsp3) is 0.938. The van der Waals surface area contributed by atoms with Crippen LogP contribution in [-0.4, -0.2) is 28.6 Å². The lowest BCUT2D eigenvalue weighted by Crippen LogP contribution is -2.46. The van der Waals surface area contributed by atoms with E-state index in [0.29, 0.717) is 26.2 Å². The minimum atomic E-state index is -2.60. The van der Waals surface area contributed by atoms with Crippen LogP contribution in [0.1, 0.15) is 72.1 Å². The van der Waals surface area contributed by atoms with Crippen LogP contribution in [0.3, 0.4) is 0 Å². The van der Waals surface area contributed by atoms with Crippen LogP contribution in [0.4, 0.5) is 0 Å². The van der Waals surface area contributed by atoms with E-state index < -0.39 is 8.80 Å². The zero-order valence-corrected chi connectivity index (χ0v) is 15.2. The maximum absolute atomic E-state index is 8.75. The largest absolute Gasteiger partial charge is 0.500 e. The molecule has 0 fully saturated rings. The molecule has 0 amide bonds. The van der Waals surface area contributed by atoms with Crippen LogP contribution in [0.2, 0.25) is 6.04 Å². The Morgan fingerprint density at radius 3 is 1.52 bits per heavy atom. The summed E-state index contributed by atoms with van der Waals surface area (Å²) in [5.41, 5.74) is 0. The molecule has 0 unspecified atom stereocenters. The molecule has 21 heavy (non-hydrogen) atoms. The summed E-state index contributed by atoms with van der Waals surface area (Å²) in [6.45, 7) is 8.56. The minimum Gasteiger partial charge on any atom is -0.373 e. The lowest BCUT2D eigenvalue weighted by Gasteiger charge is -2.29. The third-order valence-electron chi connectivity index (χ3n) is 3.23. The average Bonchev–Trinajstić information content (AvgIpc) is 2.48. The van der Waals surface area contributed by atoms with Crippen LogP contribution in [0.15, 0.2) is 0 Å². The molecule has 0 heterocycles. The predicted molar refractivity (Wildman–Crippen MR) is 88.0 cm³/mol. The Labute approximate surface area is 132 Å². The highest BCUT2D eigenvalue weighted by Crippen LogP contribution is 2.21. The maximum atomic E-state index is 8.75. The first-order valence-corrected chi connectivity index (χ1v) is 10.5. The second-order valence-electron chi connectivity index (χ2n) is 5.30. The Balaban J connectivity index is 4.57. The van der Waals surface area contributed by atoms with Gasteiger partial charge in [0.15, 0.2) is 0 Å². The smallest absolute Gasteiger partial charge is 0.373 e. The molecule has 0 radical (unpaired) electrons. The highest BCUT2D eigenvalue weighted by molar-refractivity contribution is 6.60. The molecule has 0 bridgehead atoms. The first kappa shape index (κ1) is 20.6. The van der Waals surface area contributed by atoms with Gasteiger partial charge in [-0.3, -0.25) is 0 Å². The van der Waals surface area contributed by atoms with E-state index in [9.17, 15) is 0 Å². The van der Waals surface area contributed by atoms with Crippen LogP contribution in [0.25, 0.3) is 0 Å². The zero-order chi connectivity index (χ0) is 15.8. The predicted octanol–water partition coefficient (Wildman–Crippen LogP) is 4.68. The van der Waals surface area contributed by atoms with E-state index in [4.69, 9.17) is 18.5 Å². The number of nitriles is 1.